The number of nitrogens with one attached hydrogen (secondary N) is 1. The molecule has 0 aliphatic carbocycles. The van der Waals surface area contributed by atoms with Crippen molar-refractivity contribution >= 4 is 29.1 Å². The van der Waals surface area contributed by atoms with Crippen LogP contribution in [0.2, 0.25) is 0 Å². The Balaban J connectivity index is 1.88. The van der Waals surface area contributed by atoms with Gasteiger partial charge >= 0.3 is 5.97 Å². The SMILES string of the molecule is COC(=O)c1cc(NCCCSc2ccccc2)ccc1[N+](=O)[O-]. The summed E-state index contributed by atoms with van der Waals surface area (Å²) in [7, 11) is 1.20. The Morgan fingerprint density at radius 1 is 1.25 bits per heavy atom. The molecular weight excluding hydrogens is 328 g/mol. The van der Waals surface area contributed by atoms with E-state index in [0.29, 0.717) is 12.2 Å². The van der Waals surface area contributed by atoms with E-state index < -0.39 is 10.9 Å². The quantitative estimate of drug-likeness (QED) is 0.256. The Morgan fingerprint density at radius 2 is 2.00 bits per heavy atom. The largest absolute Gasteiger partial charge is 0.465 e. The Morgan fingerprint density at radius 3 is 2.67 bits per heavy atom. The molecule has 2 aromatic carbocycles. The van der Waals surface area contributed by atoms with Gasteiger partial charge in [0, 0.05) is 23.2 Å². The first-order valence-corrected chi connectivity index (χ1v) is 8.39. The minimum Gasteiger partial charge on any atom is -0.465 e. The van der Waals surface area contributed by atoms with Crippen LogP contribution >= 0.6 is 11.8 Å². The molecule has 0 fully saturated rings. The molecule has 0 saturated carbocycles. The molecule has 0 amide bonds. The van der Waals surface area contributed by atoms with Crippen LogP contribution in [0.15, 0.2) is 53.4 Å². The fourth-order valence-electron chi connectivity index (χ4n) is 2.09. The number of thioether (sulfide) groups is 1. The molecule has 7 heteroatoms. The van der Waals surface area contributed by atoms with Gasteiger partial charge in [0.25, 0.3) is 5.69 Å². The molecule has 2 rings (SSSR count). The van der Waals surface area contributed by atoms with E-state index in [2.05, 4.69) is 22.2 Å². The number of hydrogen-bond acceptors (Lipinski definition) is 6. The van der Waals surface area contributed by atoms with Gasteiger partial charge in [0.05, 0.1) is 12.0 Å². The Kier molecular flexibility index (Phi) is 6.62. The van der Waals surface area contributed by atoms with Crippen LogP contribution in [0.3, 0.4) is 0 Å². The third-order valence-corrected chi connectivity index (χ3v) is 4.36. The van der Waals surface area contributed by atoms with Crippen molar-refractivity contribution in [3.63, 3.8) is 0 Å². The number of anilines is 1. The van der Waals surface area contributed by atoms with Crippen molar-refractivity contribution in [3.05, 3.63) is 64.2 Å². The average molecular weight is 346 g/mol. The summed E-state index contributed by atoms with van der Waals surface area (Å²) in [5, 5.41) is 14.1. The van der Waals surface area contributed by atoms with E-state index >= 15 is 0 Å². The third-order valence-electron chi connectivity index (χ3n) is 3.26. The number of hydrogen-bond donors (Lipinski definition) is 1. The molecule has 0 atom stereocenters. The van der Waals surface area contributed by atoms with Gasteiger partial charge in [-0.15, -0.1) is 11.8 Å². The van der Waals surface area contributed by atoms with Gasteiger partial charge in [-0.25, -0.2) is 4.79 Å². The van der Waals surface area contributed by atoms with Crippen LogP contribution in [0.5, 0.6) is 0 Å². The van der Waals surface area contributed by atoms with E-state index in [1.165, 1.54) is 24.1 Å². The van der Waals surface area contributed by atoms with Crippen molar-refractivity contribution < 1.29 is 14.5 Å². The van der Waals surface area contributed by atoms with Crippen LogP contribution in [0.4, 0.5) is 11.4 Å². The summed E-state index contributed by atoms with van der Waals surface area (Å²) >= 11 is 1.77. The molecule has 0 spiro atoms. The van der Waals surface area contributed by atoms with E-state index in [-0.39, 0.29) is 11.3 Å². The second-order valence-corrected chi connectivity index (χ2v) is 6.09. The summed E-state index contributed by atoms with van der Waals surface area (Å²) in [5.74, 6) is 0.235. The normalized spacial score (nSPS) is 10.2. The van der Waals surface area contributed by atoms with Crippen molar-refractivity contribution in [2.24, 2.45) is 0 Å². The van der Waals surface area contributed by atoms with Crippen LogP contribution in [0.25, 0.3) is 0 Å². The van der Waals surface area contributed by atoms with E-state index in [1.54, 1.807) is 17.8 Å². The fourth-order valence-corrected chi connectivity index (χ4v) is 2.96. The predicted molar refractivity (Wildman–Crippen MR) is 94.7 cm³/mol. The van der Waals surface area contributed by atoms with Crippen LogP contribution in [-0.2, 0) is 4.74 Å². The number of benzene rings is 2. The topological polar surface area (TPSA) is 81.5 Å². The second-order valence-electron chi connectivity index (χ2n) is 4.92. The maximum atomic E-state index is 11.7. The van der Waals surface area contributed by atoms with Crippen LogP contribution in [-0.4, -0.2) is 30.3 Å². The summed E-state index contributed by atoms with van der Waals surface area (Å²) in [6, 6.07) is 14.5. The van der Waals surface area contributed by atoms with E-state index in [0.717, 1.165) is 12.2 Å². The second kappa shape index (κ2) is 8.93. The van der Waals surface area contributed by atoms with Gasteiger partial charge in [-0.05, 0) is 36.4 Å². The highest BCUT2D eigenvalue weighted by molar-refractivity contribution is 7.99. The number of esters is 1. The number of carbonyl (C=O) groups excluding carboxylic acids is 1. The number of nitrogens with zero attached hydrogens (tertiary/aromatic N) is 1. The van der Waals surface area contributed by atoms with Crippen molar-refractivity contribution in [2.45, 2.75) is 11.3 Å². The molecule has 126 valence electrons. The molecule has 0 aliphatic rings. The Labute approximate surface area is 144 Å². The van der Waals surface area contributed by atoms with Crippen molar-refractivity contribution in [2.75, 3.05) is 24.7 Å². The number of carbonyl (C=O) groups is 1. The number of nitro groups is 1. The smallest absolute Gasteiger partial charge is 0.344 e. The van der Waals surface area contributed by atoms with Crippen LogP contribution < -0.4 is 5.32 Å². The van der Waals surface area contributed by atoms with Crippen molar-refractivity contribution in [1.29, 1.82) is 0 Å². The van der Waals surface area contributed by atoms with E-state index in [1.807, 2.05) is 18.2 Å². The van der Waals surface area contributed by atoms with Gasteiger partial charge in [-0.1, -0.05) is 18.2 Å². The van der Waals surface area contributed by atoms with Crippen LogP contribution in [0, 0.1) is 10.1 Å². The molecule has 2 aromatic rings. The van der Waals surface area contributed by atoms with Gasteiger partial charge < -0.3 is 10.1 Å². The summed E-state index contributed by atoms with van der Waals surface area (Å²) in [4.78, 5) is 23.3. The third kappa shape index (κ3) is 4.99. The standard InChI is InChI=1S/C17H18N2O4S/c1-23-17(20)15-12-13(8-9-16(15)19(21)22)18-10-5-11-24-14-6-3-2-4-7-14/h2-4,6-9,12,18H,5,10-11H2,1H3. The van der Waals surface area contributed by atoms with Gasteiger partial charge in [0.1, 0.15) is 5.56 Å². The minimum absolute atomic E-state index is 0.0499. The summed E-state index contributed by atoms with van der Waals surface area (Å²) in [6.45, 7) is 0.707. The lowest BCUT2D eigenvalue weighted by atomic mass is 10.1. The van der Waals surface area contributed by atoms with Gasteiger partial charge in [-0.2, -0.15) is 0 Å². The lowest BCUT2D eigenvalue weighted by molar-refractivity contribution is -0.385. The summed E-state index contributed by atoms with van der Waals surface area (Å²) in [6.07, 6.45) is 0.921. The Bertz CT molecular complexity index is 707. The summed E-state index contributed by atoms with van der Waals surface area (Å²) in [5.41, 5.74) is 0.351. The molecular formula is C17H18N2O4S. The highest BCUT2D eigenvalue weighted by Gasteiger charge is 2.21. The predicted octanol–water partition coefficient (Wildman–Crippen LogP) is 3.98. The van der Waals surface area contributed by atoms with E-state index in [4.69, 9.17) is 0 Å². The maximum absolute atomic E-state index is 11.7. The molecule has 6 nitrogen and oxygen atoms in total. The van der Waals surface area contributed by atoms with Crippen molar-refractivity contribution in [1.82, 2.24) is 0 Å². The maximum Gasteiger partial charge on any atom is 0.344 e. The fraction of sp³-hybridized carbons (Fsp3) is 0.235. The Hall–Kier alpha value is -2.54. The summed E-state index contributed by atoms with van der Waals surface area (Å²) < 4.78 is 4.60. The van der Waals surface area contributed by atoms with Gasteiger partial charge in [0.15, 0.2) is 0 Å². The zero-order valence-electron chi connectivity index (χ0n) is 13.2. The average Bonchev–Trinajstić information content (AvgIpc) is 2.61. The number of ether oxygens (including phenoxy) is 1. The first-order chi connectivity index (χ1) is 11.6. The van der Waals surface area contributed by atoms with Gasteiger partial charge in [0.2, 0.25) is 0 Å². The zero-order chi connectivity index (χ0) is 17.4. The lowest BCUT2D eigenvalue weighted by Crippen LogP contribution is -2.08. The highest BCUT2D eigenvalue weighted by Crippen LogP contribution is 2.24. The van der Waals surface area contributed by atoms with E-state index in [9.17, 15) is 14.9 Å². The number of methoxy groups -OCH3 is 1. The van der Waals surface area contributed by atoms with Crippen LogP contribution in [0.1, 0.15) is 16.8 Å². The minimum atomic E-state index is -0.718. The molecule has 0 aromatic heterocycles. The van der Waals surface area contributed by atoms with Gasteiger partial charge in [-0.3, -0.25) is 10.1 Å². The first kappa shape index (κ1) is 17.8. The molecule has 0 heterocycles. The molecule has 24 heavy (non-hydrogen) atoms. The lowest BCUT2D eigenvalue weighted by Gasteiger charge is -2.08. The molecule has 0 unspecified atom stereocenters. The highest BCUT2D eigenvalue weighted by atomic mass is 32.2. The molecule has 0 radical (unpaired) electrons. The molecule has 0 saturated heterocycles. The zero-order valence-corrected chi connectivity index (χ0v) is 14.0. The number of rotatable bonds is 8. The monoisotopic (exact) mass is 346 g/mol. The number of nitro benzene ring substituents is 1. The first-order valence-electron chi connectivity index (χ1n) is 7.40. The molecule has 1 N–H and O–H groups in total. The van der Waals surface area contributed by atoms with Crippen molar-refractivity contribution in [3.8, 4) is 0 Å². The molecule has 0 aliphatic heterocycles. The molecule has 0 bridgehead atoms.